The Morgan fingerprint density at radius 3 is 2.90 bits per heavy atom. The van der Waals surface area contributed by atoms with Crippen LogP contribution in [0.25, 0.3) is 0 Å². The Morgan fingerprint density at radius 2 is 2.14 bits per heavy atom. The Bertz CT molecular complexity index is 431. The van der Waals surface area contributed by atoms with Crippen LogP contribution in [0.1, 0.15) is 50.8 Å². The average Bonchev–Trinajstić information content (AvgIpc) is 2.93. The molecule has 0 saturated heterocycles. The maximum Gasteiger partial charge on any atom is 0.122 e. The molecule has 0 spiro atoms. The van der Waals surface area contributed by atoms with Gasteiger partial charge < -0.3 is 14.8 Å². The molecule has 0 radical (unpaired) electrons. The fraction of sp³-hybridized carbons (Fsp3) is 0.667. The number of hydrogen-bond acceptors (Lipinski definition) is 3. The van der Waals surface area contributed by atoms with Crippen molar-refractivity contribution in [2.24, 2.45) is 5.92 Å². The molecule has 1 aliphatic heterocycles. The summed E-state index contributed by atoms with van der Waals surface area (Å²) in [5, 5.41) is 3.60. The zero-order valence-corrected chi connectivity index (χ0v) is 13.7. The topological polar surface area (TPSA) is 30.5 Å². The predicted molar refractivity (Wildman–Crippen MR) is 86.9 cm³/mol. The van der Waals surface area contributed by atoms with Crippen molar-refractivity contribution in [1.82, 2.24) is 5.32 Å². The molecule has 0 amide bonds. The molecular formula is C18H29NO2. The first-order chi connectivity index (χ1) is 10.2. The van der Waals surface area contributed by atoms with E-state index in [0.29, 0.717) is 6.04 Å². The number of hydrogen-bond donors (Lipinski definition) is 1. The summed E-state index contributed by atoms with van der Waals surface area (Å²) in [6.07, 6.45) is 3.27. The van der Waals surface area contributed by atoms with E-state index in [9.17, 15) is 0 Å². The van der Waals surface area contributed by atoms with E-state index in [-0.39, 0.29) is 0 Å². The van der Waals surface area contributed by atoms with Gasteiger partial charge in [0.15, 0.2) is 0 Å². The van der Waals surface area contributed by atoms with Crippen LogP contribution in [0.15, 0.2) is 18.2 Å². The van der Waals surface area contributed by atoms with Gasteiger partial charge in [0.2, 0.25) is 0 Å². The van der Waals surface area contributed by atoms with E-state index < -0.39 is 0 Å². The molecule has 0 aliphatic carbocycles. The highest BCUT2D eigenvalue weighted by Crippen LogP contribution is 2.28. The fourth-order valence-corrected chi connectivity index (χ4v) is 2.65. The molecule has 3 heteroatoms. The minimum atomic E-state index is 0.407. The van der Waals surface area contributed by atoms with Crippen molar-refractivity contribution in [3.05, 3.63) is 29.3 Å². The Hall–Kier alpha value is -1.06. The standard InChI is InChI=1S/C18H29NO2/c1-4-17(19-9-12-20-10-7-14(2)3)15-5-6-18-16(13-15)8-11-21-18/h5-6,13-14,17,19H,4,7-12H2,1-3H3. The molecule has 2 rings (SSSR count). The lowest BCUT2D eigenvalue weighted by Crippen LogP contribution is -2.25. The molecule has 1 aromatic rings. The molecule has 1 aromatic carbocycles. The lowest BCUT2D eigenvalue weighted by Gasteiger charge is -2.18. The summed E-state index contributed by atoms with van der Waals surface area (Å²) < 4.78 is 11.2. The molecule has 1 aliphatic rings. The maximum absolute atomic E-state index is 5.67. The van der Waals surface area contributed by atoms with Gasteiger partial charge >= 0.3 is 0 Å². The molecule has 1 heterocycles. The van der Waals surface area contributed by atoms with Gasteiger partial charge in [0.25, 0.3) is 0 Å². The minimum Gasteiger partial charge on any atom is -0.493 e. The lowest BCUT2D eigenvalue weighted by atomic mass is 10.0. The number of benzene rings is 1. The Balaban J connectivity index is 1.75. The summed E-state index contributed by atoms with van der Waals surface area (Å²) in [5.41, 5.74) is 2.71. The molecule has 0 bridgehead atoms. The van der Waals surface area contributed by atoms with Crippen LogP contribution in [-0.2, 0) is 11.2 Å². The molecule has 1 unspecified atom stereocenters. The van der Waals surface area contributed by atoms with Crippen LogP contribution < -0.4 is 10.1 Å². The first-order valence-electron chi connectivity index (χ1n) is 8.27. The average molecular weight is 291 g/mol. The second-order valence-electron chi connectivity index (χ2n) is 6.18. The van der Waals surface area contributed by atoms with Crippen LogP contribution in [0.2, 0.25) is 0 Å². The van der Waals surface area contributed by atoms with Crippen molar-refractivity contribution < 1.29 is 9.47 Å². The predicted octanol–water partition coefficient (Wildman–Crippen LogP) is 3.72. The van der Waals surface area contributed by atoms with Gasteiger partial charge in [0, 0.05) is 25.6 Å². The van der Waals surface area contributed by atoms with Crippen LogP contribution >= 0.6 is 0 Å². The summed E-state index contributed by atoms with van der Waals surface area (Å²) in [6.45, 7) is 10.1. The Labute approximate surface area is 129 Å². The van der Waals surface area contributed by atoms with Gasteiger partial charge in [-0.1, -0.05) is 32.9 Å². The molecule has 21 heavy (non-hydrogen) atoms. The number of fused-ring (bicyclic) bond motifs is 1. The van der Waals surface area contributed by atoms with Crippen LogP contribution in [-0.4, -0.2) is 26.4 Å². The van der Waals surface area contributed by atoms with E-state index in [0.717, 1.165) is 57.3 Å². The summed E-state index contributed by atoms with van der Waals surface area (Å²) in [6, 6.07) is 7.00. The number of rotatable bonds is 9. The van der Waals surface area contributed by atoms with Crippen LogP contribution in [0.5, 0.6) is 5.75 Å². The fourth-order valence-electron chi connectivity index (χ4n) is 2.65. The van der Waals surface area contributed by atoms with E-state index in [1.165, 1.54) is 11.1 Å². The zero-order chi connectivity index (χ0) is 15.1. The normalized spacial score (nSPS) is 15.0. The highest BCUT2D eigenvalue weighted by Gasteiger charge is 2.15. The number of ether oxygens (including phenoxy) is 2. The van der Waals surface area contributed by atoms with E-state index in [1.807, 2.05) is 0 Å². The van der Waals surface area contributed by atoms with Gasteiger partial charge in [-0.05, 0) is 36.0 Å². The molecule has 0 fully saturated rings. The summed E-state index contributed by atoms with van der Waals surface area (Å²) >= 11 is 0. The zero-order valence-electron chi connectivity index (χ0n) is 13.7. The summed E-state index contributed by atoms with van der Waals surface area (Å²) in [4.78, 5) is 0. The lowest BCUT2D eigenvalue weighted by molar-refractivity contribution is 0.123. The number of nitrogens with one attached hydrogen (secondary N) is 1. The molecular weight excluding hydrogens is 262 g/mol. The smallest absolute Gasteiger partial charge is 0.122 e. The monoisotopic (exact) mass is 291 g/mol. The first kappa shape index (κ1) is 16.3. The van der Waals surface area contributed by atoms with Gasteiger partial charge in [-0.15, -0.1) is 0 Å². The molecule has 3 nitrogen and oxygen atoms in total. The third-order valence-electron chi connectivity index (χ3n) is 4.00. The minimum absolute atomic E-state index is 0.407. The Morgan fingerprint density at radius 1 is 1.29 bits per heavy atom. The van der Waals surface area contributed by atoms with E-state index >= 15 is 0 Å². The van der Waals surface area contributed by atoms with Crippen molar-refractivity contribution in [3.8, 4) is 5.75 Å². The SMILES string of the molecule is CCC(NCCOCCC(C)C)c1ccc2c(c1)CCO2. The van der Waals surface area contributed by atoms with Gasteiger partial charge in [0.05, 0.1) is 13.2 Å². The second-order valence-corrected chi connectivity index (χ2v) is 6.18. The highest BCUT2D eigenvalue weighted by atomic mass is 16.5. The third kappa shape index (κ3) is 5.01. The van der Waals surface area contributed by atoms with Crippen LogP contribution in [0.4, 0.5) is 0 Å². The Kier molecular flexibility index (Phi) is 6.52. The van der Waals surface area contributed by atoms with Gasteiger partial charge in [0.1, 0.15) is 5.75 Å². The van der Waals surface area contributed by atoms with Crippen molar-refractivity contribution in [3.63, 3.8) is 0 Å². The van der Waals surface area contributed by atoms with Gasteiger partial charge in [-0.25, -0.2) is 0 Å². The summed E-state index contributed by atoms with van der Waals surface area (Å²) in [7, 11) is 0. The van der Waals surface area contributed by atoms with Gasteiger partial charge in [-0.3, -0.25) is 0 Å². The first-order valence-corrected chi connectivity index (χ1v) is 8.27. The quantitative estimate of drug-likeness (QED) is 0.703. The summed E-state index contributed by atoms with van der Waals surface area (Å²) in [5.74, 6) is 1.78. The molecule has 1 atom stereocenters. The van der Waals surface area contributed by atoms with E-state index in [4.69, 9.17) is 9.47 Å². The molecule has 118 valence electrons. The van der Waals surface area contributed by atoms with Crippen molar-refractivity contribution in [2.45, 2.75) is 46.1 Å². The largest absolute Gasteiger partial charge is 0.493 e. The van der Waals surface area contributed by atoms with Crippen molar-refractivity contribution in [2.75, 3.05) is 26.4 Å². The van der Waals surface area contributed by atoms with E-state index in [2.05, 4.69) is 44.3 Å². The van der Waals surface area contributed by atoms with Crippen molar-refractivity contribution >= 4 is 0 Å². The van der Waals surface area contributed by atoms with Crippen LogP contribution in [0, 0.1) is 5.92 Å². The second kappa shape index (κ2) is 8.40. The molecule has 0 aromatic heterocycles. The van der Waals surface area contributed by atoms with Crippen LogP contribution in [0.3, 0.4) is 0 Å². The highest BCUT2D eigenvalue weighted by molar-refractivity contribution is 5.40. The molecule has 0 saturated carbocycles. The third-order valence-corrected chi connectivity index (χ3v) is 4.00. The van der Waals surface area contributed by atoms with E-state index in [1.54, 1.807) is 0 Å². The molecule has 1 N–H and O–H groups in total. The van der Waals surface area contributed by atoms with Crippen molar-refractivity contribution in [1.29, 1.82) is 0 Å². The van der Waals surface area contributed by atoms with Gasteiger partial charge in [-0.2, -0.15) is 0 Å². The maximum atomic E-state index is 5.67.